The molecular weight excluding hydrogens is 323 g/mol. The van der Waals surface area contributed by atoms with Gasteiger partial charge in [0.25, 0.3) is 11.8 Å². The molecule has 3 rings (SSSR count). The molecule has 2 amide bonds. The first-order chi connectivity index (χ1) is 12.0. The molecule has 1 fully saturated rings. The van der Waals surface area contributed by atoms with Crippen LogP contribution in [0.3, 0.4) is 0 Å². The number of halogens is 1. The topological polar surface area (TPSA) is 67.4 Å². The summed E-state index contributed by atoms with van der Waals surface area (Å²) in [5.41, 5.74) is 2.11. The minimum atomic E-state index is -0.431. The zero-order valence-electron chi connectivity index (χ0n) is 13.8. The molecule has 2 aromatic rings. The fourth-order valence-electron chi connectivity index (χ4n) is 2.71. The van der Waals surface area contributed by atoms with Crippen LogP contribution in [0.2, 0.25) is 0 Å². The maximum atomic E-state index is 13.1. The number of rotatable bonds is 4. The predicted molar refractivity (Wildman–Crippen MR) is 93.1 cm³/mol. The van der Waals surface area contributed by atoms with Crippen LogP contribution in [0.25, 0.3) is 0 Å². The van der Waals surface area contributed by atoms with Crippen LogP contribution in [0.5, 0.6) is 0 Å². The number of hydrogen-bond acceptors (Lipinski definition) is 3. The van der Waals surface area contributed by atoms with Crippen molar-refractivity contribution in [3.8, 4) is 0 Å². The molecule has 0 spiro atoms. The van der Waals surface area contributed by atoms with Crippen molar-refractivity contribution in [1.29, 1.82) is 0 Å². The van der Waals surface area contributed by atoms with Gasteiger partial charge < -0.3 is 15.4 Å². The van der Waals surface area contributed by atoms with Gasteiger partial charge in [0.05, 0.1) is 0 Å². The van der Waals surface area contributed by atoms with Gasteiger partial charge in [0, 0.05) is 23.5 Å². The number of benzene rings is 2. The maximum Gasteiger partial charge on any atom is 0.255 e. The Kier molecular flexibility index (Phi) is 5.09. The fraction of sp³-hybridized carbons (Fsp3) is 0.263. The monoisotopic (exact) mass is 342 g/mol. The number of hydrogen-bond donors (Lipinski definition) is 2. The van der Waals surface area contributed by atoms with Crippen LogP contribution in [-0.4, -0.2) is 24.5 Å². The second kappa shape index (κ2) is 7.44. The summed E-state index contributed by atoms with van der Waals surface area (Å²) < 4.78 is 18.5. The van der Waals surface area contributed by atoms with Crippen molar-refractivity contribution < 1.29 is 18.7 Å². The molecular formula is C19H19FN2O3. The minimum absolute atomic E-state index is 0.204. The van der Waals surface area contributed by atoms with Gasteiger partial charge in [-0.2, -0.15) is 0 Å². The largest absolute Gasteiger partial charge is 0.368 e. The smallest absolute Gasteiger partial charge is 0.255 e. The van der Waals surface area contributed by atoms with E-state index in [4.69, 9.17) is 4.74 Å². The number of carbonyl (C=O) groups excluding carboxylic acids is 2. The molecule has 1 unspecified atom stereocenters. The summed E-state index contributed by atoms with van der Waals surface area (Å²) in [6, 6.07) is 10.8. The summed E-state index contributed by atoms with van der Waals surface area (Å²) in [5.74, 6) is -0.887. The van der Waals surface area contributed by atoms with Crippen molar-refractivity contribution >= 4 is 23.2 Å². The van der Waals surface area contributed by atoms with Crippen molar-refractivity contribution in [3.05, 3.63) is 59.4 Å². The lowest BCUT2D eigenvalue weighted by Crippen LogP contribution is -2.27. The van der Waals surface area contributed by atoms with Gasteiger partial charge in [-0.05, 0) is 61.7 Å². The summed E-state index contributed by atoms with van der Waals surface area (Å²) in [4.78, 5) is 24.5. The van der Waals surface area contributed by atoms with Crippen LogP contribution in [0, 0.1) is 12.7 Å². The fourth-order valence-corrected chi connectivity index (χ4v) is 2.71. The van der Waals surface area contributed by atoms with Gasteiger partial charge >= 0.3 is 0 Å². The molecule has 1 aliphatic heterocycles. The summed E-state index contributed by atoms with van der Waals surface area (Å²) in [5, 5.41) is 5.51. The molecule has 6 heteroatoms. The molecule has 1 atom stereocenters. The second-order valence-electron chi connectivity index (χ2n) is 5.99. The van der Waals surface area contributed by atoms with Crippen molar-refractivity contribution in [1.82, 2.24) is 0 Å². The van der Waals surface area contributed by atoms with Crippen LogP contribution >= 0.6 is 0 Å². The van der Waals surface area contributed by atoms with Crippen LogP contribution < -0.4 is 10.6 Å². The first-order valence-corrected chi connectivity index (χ1v) is 8.13. The van der Waals surface area contributed by atoms with E-state index in [1.165, 1.54) is 18.2 Å². The minimum Gasteiger partial charge on any atom is -0.368 e. The van der Waals surface area contributed by atoms with Crippen molar-refractivity contribution in [2.24, 2.45) is 0 Å². The average Bonchev–Trinajstić information content (AvgIpc) is 3.12. The predicted octanol–water partition coefficient (Wildman–Crippen LogP) is 3.50. The lowest BCUT2D eigenvalue weighted by atomic mass is 10.1. The maximum absolute atomic E-state index is 13.1. The summed E-state index contributed by atoms with van der Waals surface area (Å²) in [7, 11) is 0. The van der Waals surface area contributed by atoms with E-state index in [-0.39, 0.29) is 17.6 Å². The summed E-state index contributed by atoms with van der Waals surface area (Å²) in [6.07, 6.45) is 1.15. The molecule has 1 heterocycles. The van der Waals surface area contributed by atoms with Gasteiger partial charge in [-0.3, -0.25) is 9.59 Å². The lowest BCUT2D eigenvalue weighted by molar-refractivity contribution is -0.124. The molecule has 0 saturated carbocycles. The van der Waals surface area contributed by atoms with E-state index >= 15 is 0 Å². The first kappa shape index (κ1) is 17.1. The van der Waals surface area contributed by atoms with E-state index in [1.54, 1.807) is 31.2 Å². The van der Waals surface area contributed by atoms with Gasteiger partial charge in [0.2, 0.25) is 0 Å². The zero-order valence-corrected chi connectivity index (χ0v) is 13.8. The quantitative estimate of drug-likeness (QED) is 0.893. The van der Waals surface area contributed by atoms with Gasteiger partial charge in [-0.1, -0.05) is 6.07 Å². The number of amides is 2. The van der Waals surface area contributed by atoms with Gasteiger partial charge in [-0.15, -0.1) is 0 Å². The van der Waals surface area contributed by atoms with E-state index in [2.05, 4.69) is 10.6 Å². The summed E-state index contributed by atoms with van der Waals surface area (Å²) >= 11 is 0. The molecule has 130 valence electrons. The Morgan fingerprint density at radius 2 is 2.00 bits per heavy atom. The van der Waals surface area contributed by atoms with E-state index in [1.807, 2.05) is 0 Å². The van der Waals surface area contributed by atoms with E-state index in [0.717, 1.165) is 6.42 Å². The molecule has 1 saturated heterocycles. The number of aryl methyl sites for hydroxylation is 1. The van der Waals surface area contributed by atoms with Gasteiger partial charge in [0.1, 0.15) is 11.9 Å². The standard InChI is InChI=1S/C19H19FN2O3/c1-12-10-14(20)7-8-16(12)22-18(23)13-4-2-5-15(11-13)21-19(24)17-6-3-9-25-17/h2,4-5,7-8,10-11,17H,3,6,9H2,1H3,(H,21,24)(H,22,23). The molecule has 1 aliphatic rings. The third-order valence-corrected chi connectivity index (χ3v) is 4.05. The number of nitrogens with one attached hydrogen (secondary N) is 2. The first-order valence-electron chi connectivity index (χ1n) is 8.13. The number of ether oxygens (including phenoxy) is 1. The number of carbonyl (C=O) groups is 2. The van der Waals surface area contributed by atoms with Crippen molar-refractivity contribution in [2.45, 2.75) is 25.9 Å². The Labute approximate surface area is 145 Å². The molecule has 0 radical (unpaired) electrons. The van der Waals surface area contributed by atoms with Gasteiger partial charge in [-0.25, -0.2) is 4.39 Å². The van der Waals surface area contributed by atoms with Crippen molar-refractivity contribution in [3.63, 3.8) is 0 Å². The molecule has 0 bridgehead atoms. The molecule has 25 heavy (non-hydrogen) atoms. The van der Waals surface area contributed by atoms with Crippen molar-refractivity contribution in [2.75, 3.05) is 17.2 Å². The highest BCUT2D eigenvalue weighted by Crippen LogP contribution is 2.19. The number of anilines is 2. The Bertz CT molecular complexity index is 801. The molecule has 5 nitrogen and oxygen atoms in total. The van der Waals surface area contributed by atoms with Crippen LogP contribution in [0.4, 0.5) is 15.8 Å². The zero-order chi connectivity index (χ0) is 17.8. The van der Waals surface area contributed by atoms with E-state index < -0.39 is 6.10 Å². The van der Waals surface area contributed by atoms with E-state index in [0.29, 0.717) is 35.5 Å². The molecule has 0 aliphatic carbocycles. The average molecular weight is 342 g/mol. The Balaban J connectivity index is 1.69. The van der Waals surface area contributed by atoms with E-state index in [9.17, 15) is 14.0 Å². The molecule has 2 aromatic carbocycles. The van der Waals surface area contributed by atoms with Crippen LogP contribution in [0.15, 0.2) is 42.5 Å². The third-order valence-electron chi connectivity index (χ3n) is 4.05. The normalized spacial score (nSPS) is 16.5. The Morgan fingerprint density at radius 3 is 2.72 bits per heavy atom. The van der Waals surface area contributed by atoms with Crippen LogP contribution in [0.1, 0.15) is 28.8 Å². The Morgan fingerprint density at radius 1 is 1.16 bits per heavy atom. The highest BCUT2D eigenvalue weighted by molar-refractivity contribution is 6.05. The molecule has 0 aromatic heterocycles. The molecule has 2 N–H and O–H groups in total. The second-order valence-corrected chi connectivity index (χ2v) is 5.99. The van der Waals surface area contributed by atoms with Crippen LogP contribution in [-0.2, 0) is 9.53 Å². The highest BCUT2D eigenvalue weighted by atomic mass is 19.1. The SMILES string of the molecule is Cc1cc(F)ccc1NC(=O)c1cccc(NC(=O)C2CCCO2)c1. The highest BCUT2D eigenvalue weighted by Gasteiger charge is 2.23. The third kappa shape index (κ3) is 4.22. The summed E-state index contributed by atoms with van der Waals surface area (Å²) in [6.45, 7) is 2.31. The lowest BCUT2D eigenvalue weighted by Gasteiger charge is -2.12. The van der Waals surface area contributed by atoms with Gasteiger partial charge in [0.15, 0.2) is 0 Å². The Hall–Kier alpha value is -2.73.